The molecule has 0 saturated carbocycles. The van der Waals surface area contributed by atoms with Crippen molar-refractivity contribution in [3.05, 3.63) is 40.0 Å². The van der Waals surface area contributed by atoms with E-state index in [-0.39, 0.29) is 18.2 Å². The van der Waals surface area contributed by atoms with Gasteiger partial charge in [0.15, 0.2) is 5.65 Å². The highest BCUT2D eigenvalue weighted by Gasteiger charge is 2.36. The average molecular weight is 577 g/mol. The number of aromatic nitrogens is 4. The van der Waals surface area contributed by atoms with Gasteiger partial charge in [0, 0.05) is 46.7 Å². The smallest absolute Gasteiger partial charge is 0.410 e. The first-order valence-corrected chi connectivity index (χ1v) is 12.1. The molecule has 1 saturated heterocycles. The number of nitrogens with two attached hydrogens (primary N) is 1. The zero-order chi connectivity index (χ0) is 24.8. The van der Waals surface area contributed by atoms with Gasteiger partial charge in [0.25, 0.3) is 0 Å². The van der Waals surface area contributed by atoms with E-state index >= 15 is 0 Å². The Hall–Kier alpha value is -2.96. The molecule has 0 aliphatic carbocycles. The topological polar surface area (TPSA) is 119 Å². The first-order valence-electron chi connectivity index (χ1n) is 11.0. The van der Waals surface area contributed by atoms with Crippen molar-refractivity contribution in [1.82, 2.24) is 24.4 Å². The summed E-state index contributed by atoms with van der Waals surface area (Å²) >= 11 is 2.26. The van der Waals surface area contributed by atoms with Crippen molar-refractivity contribution >= 4 is 51.4 Å². The van der Waals surface area contributed by atoms with Gasteiger partial charge >= 0.3 is 6.09 Å². The van der Waals surface area contributed by atoms with Crippen LogP contribution >= 0.6 is 22.6 Å². The van der Waals surface area contributed by atoms with Crippen molar-refractivity contribution in [1.29, 1.82) is 0 Å². The Morgan fingerprint density at radius 2 is 1.88 bits per heavy atom. The number of anilines is 1. The SMILES string of the molecule is CC1CN(c2ncnc3c2c(I)cn3-c2cc(C(N)=O)ccn2)C(C)CN1C(=O)OC(C)(C)C. The number of nitrogens with zero attached hydrogens (tertiary/aromatic N) is 6. The molecule has 1 aliphatic rings. The van der Waals surface area contributed by atoms with E-state index in [0.717, 1.165) is 14.8 Å². The van der Waals surface area contributed by atoms with E-state index in [1.165, 1.54) is 6.33 Å². The molecular weight excluding hydrogens is 549 g/mol. The number of carbonyl (C=O) groups excluding carboxylic acids is 2. The van der Waals surface area contributed by atoms with E-state index in [4.69, 9.17) is 10.5 Å². The molecule has 3 aromatic heterocycles. The monoisotopic (exact) mass is 577 g/mol. The fraction of sp³-hybridized carbons (Fsp3) is 0.435. The number of amides is 2. The summed E-state index contributed by atoms with van der Waals surface area (Å²) in [6.45, 7) is 10.8. The fourth-order valence-electron chi connectivity index (χ4n) is 4.10. The van der Waals surface area contributed by atoms with Crippen molar-refractivity contribution in [2.75, 3.05) is 18.0 Å². The average Bonchev–Trinajstić information content (AvgIpc) is 3.11. The zero-order valence-corrected chi connectivity index (χ0v) is 22.0. The van der Waals surface area contributed by atoms with E-state index in [9.17, 15) is 9.59 Å². The Bertz CT molecular complexity index is 1250. The molecule has 0 radical (unpaired) electrons. The lowest BCUT2D eigenvalue weighted by Gasteiger charge is -2.44. The van der Waals surface area contributed by atoms with Gasteiger partial charge < -0.3 is 20.3 Å². The Kier molecular flexibility index (Phi) is 6.40. The molecule has 1 aliphatic heterocycles. The van der Waals surface area contributed by atoms with Crippen LogP contribution in [0.2, 0.25) is 0 Å². The molecule has 0 aromatic carbocycles. The molecule has 1 fully saturated rings. The van der Waals surface area contributed by atoms with E-state index in [1.54, 1.807) is 23.2 Å². The molecule has 2 atom stereocenters. The van der Waals surface area contributed by atoms with Crippen LogP contribution < -0.4 is 10.6 Å². The Morgan fingerprint density at radius 1 is 1.15 bits per heavy atom. The van der Waals surface area contributed by atoms with Crippen molar-refractivity contribution in [3.63, 3.8) is 0 Å². The molecule has 34 heavy (non-hydrogen) atoms. The molecule has 3 aromatic rings. The van der Waals surface area contributed by atoms with Gasteiger partial charge in [0.1, 0.15) is 23.6 Å². The van der Waals surface area contributed by atoms with Crippen molar-refractivity contribution in [3.8, 4) is 5.82 Å². The molecule has 0 bridgehead atoms. The highest BCUT2D eigenvalue weighted by atomic mass is 127. The summed E-state index contributed by atoms with van der Waals surface area (Å²) in [5.41, 5.74) is 5.95. The lowest BCUT2D eigenvalue weighted by molar-refractivity contribution is 0.0130. The third-order valence-corrected chi connectivity index (χ3v) is 6.50. The van der Waals surface area contributed by atoms with E-state index in [0.29, 0.717) is 30.1 Å². The van der Waals surface area contributed by atoms with Gasteiger partial charge in [-0.05, 0) is 69.3 Å². The minimum absolute atomic E-state index is 0.0114. The summed E-state index contributed by atoms with van der Waals surface area (Å²) in [5.74, 6) is 0.822. The summed E-state index contributed by atoms with van der Waals surface area (Å²) in [6, 6.07) is 3.17. The molecular formula is C23H28IN7O3. The number of rotatable bonds is 3. The first kappa shape index (κ1) is 24.2. The van der Waals surface area contributed by atoms with Crippen LogP contribution in [-0.2, 0) is 4.74 Å². The van der Waals surface area contributed by atoms with Crippen LogP contribution in [-0.4, -0.2) is 67.2 Å². The van der Waals surface area contributed by atoms with Crippen LogP contribution in [0.4, 0.5) is 10.6 Å². The van der Waals surface area contributed by atoms with Gasteiger partial charge in [-0.2, -0.15) is 0 Å². The lowest BCUT2D eigenvalue weighted by atomic mass is 10.1. The molecule has 11 heteroatoms. The molecule has 180 valence electrons. The number of hydrogen-bond donors (Lipinski definition) is 1. The first-order chi connectivity index (χ1) is 16.0. The molecule has 0 spiro atoms. The number of pyridine rings is 1. The van der Waals surface area contributed by atoms with Crippen LogP contribution in [0.25, 0.3) is 16.9 Å². The van der Waals surface area contributed by atoms with Crippen LogP contribution in [0.1, 0.15) is 45.0 Å². The minimum atomic E-state index is -0.547. The number of hydrogen-bond acceptors (Lipinski definition) is 7. The highest BCUT2D eigenvalue weighted by molar-refractivity contribution is 14.1. The predicted molar refractivity (Wildman–Crippen MR) is 137 cm³/mol. The Labute approximate surface area is 211 Å². The third-order valence-electron chi connectivity index (χ3n) is 5.68. The van der Waals surface area contributed by atoms with Gasteiger partial charge in [-0.15, -0.1) is 0 Å². The second-order valence-corrected chi connectivity index (χ2v) is 10.7. The normalized spacial score (nSPS) is 18.9. The summed E-state index contributed by atoms with van der Waals surface area (Å²) in [5, 5.41) is 0.888. The molecule has 4 rings (SSSR count). The van der Waals surface area contributed by atoms with Gasteiger partial charge in [-0.25, -0.2) is 19.7 Å². The maximum atomic E-state index is 12.7. The van der Waals surface area contributed by atoms with Crippen molar-refractivity contribution < 1.29 is 14.3 Å². The van der Waals surface area contributed by atoms with Gasteiger partial charge in [0.2, 0.25) is 5.91 Å². The molecule has 10 nitrogen and oxygen atoms in total. The summed E-state index contributed by atoms with van der Waals surface area (Å²) in [7, 11) is 0. The fourth-order valence-corrected chi connectivity index (χ4v) is 4.86. The van der Waals surface area contributed by atoms with Gasteiger partial charge in [0.05, 0.1) is 5.39 Å². The quantitative estimate of drug-likeness (QED) is 0.475. The third kappa shape index (κ3) is 4.65. The number of piperazine rings is 1. The molecule has 2 N–H and O–H groups in total. The van der Waals surface area contributed by atoms with E-state index in [1.807, 2.05) is 38.5 Å². The maximum Gasteiger partial charge on any atom is 0.410 e. The van der Waals surface area contributed by atoms with Gasteiger partial charge in [-0.3, -0.25) is 9.36 Å². The zero-order valence-electron chi connectivity index (χ0n) is 19.8. The Morgan fingerprint density at radius 3 is 2.56 bits per heavy atom. The standard InChI is InChI=1S/C23H28IN7O3/c1-13-10-30(22(33)34-23(3,4)5)14(2)9-29(13)20-18-16(24)11-31(21(18)28-12-27-20)17-8-15(19(25)32)6-7-26-17/h6-8,11-14H,9-10H2,1-5H3,(H2,25,32). The second kappa shape index (κ2) is 9.01. The molecule has 4 heterocycles. The van der Waals surface area contributed by atoms with Gasteiger partial charge in [-0.1, -0.05) is 0 Å². The highest BCUT2D eigenvalue weighted by Crippen LogP contribution is 2.33. The Balaban J connectivity index is 1.69. The van der Waals surface area contributed by atoms with Crippen LogP contribution in [0.5, 0.6) is 0 Å². The number of primary amides is 1. The summed E-state index contributed by atoms with van der Waals surface area (Å²) in [4.78, 5) is 41.9. The van der Waals surface area contributed by atoms with Crippen LogP contribution in [0.15, 0.2) is 30.9 Å². The minimum Gasteiger partial charge on any atom is -0.444 e. The summed E-state index contributed by atoms with van der Waals surface area (Å²) in [6.07, 6.45) is 4.69. The van der Waals surface area contributed by atoms with Crippen LogP contribution in [0, 0.1) is 3.57 Å². The predicted octanol–water partition coefficient (Wildman–Crippen LogP) is 3.35. The van der Waals surface area contributed by atoms with Crippen LogP contribution in [0.3, 0.4) is 0 Å². The van der Waals surface area contributed by atoms with E-state index in [2.05, 4.69) is 49.4 Å². The molecule has 2 amide bonds. The van der Waals surface area contributed by atoms with Crippen molar-refractivity contribution in [2.24, 2.45) is 5.73 Å². The van der Waals surface area contributed by atoms with Crippen molar-refractivity contribution in [2.45, 2.75) is 52.3 Å². The number of carbonyl (C=O) groups is 2. The second-order valence-electron chi connectivity index (χ2n) is 9.49. The number of ether oxygens (including phenoxy) is 1. The largest absolute Gasteiger partial charge is 0.444 e. The maximum absolute atomic E-state index is 12.7. The molecule has 2 unspecified atom stereocenters. The van der Waals surface area contributed by atoms with E-state index < -0.39 is 11.5 Å². The lowest BCUT2D eigenvalue weighted by Crippen LogP contribution is -2.59. The summed E-state index contributed by atoms with van der Waals surface area (Å²) < 4.78 is 8.38. The number of fused-ring (bicyclic) bond motifs is 1. The number of halogens is 1.